The van der Waals surface area contributed by atoms with E-state index in [4.69, 9.17) is 18.5 Å². The molecule has 2 atom stereocenters. The van der Waals surface area contributed by atoms with Gasteiger partial charge in [0.25, 0.3) is 0 Å². The van der Waals surface area contributed by atoms with Gasteiger partial charge in [-0.25, -0.2) is 4.79 Å². The average molecular weight is 587 g/mol. The van der Waals surface area contributed by atoms with Crippen molar-refractivity contribution < 1.29 is 32.8 Å². The average Bonchev–Trinajstić information content (AvgIpc) is 2.82. The van der Waals surface area contributed by atoms with Crippen molar-refractivity contribution in [1.82, 2.24) is 5.32 Å². The zero-order valence-electron chi connectivity index (χ0n) is 26.5. The number of nitrogens with one attached hydrogen (secondary N) is 1. The Morgan fingerprint density at radius 2 is 1.25 bits per heavy atom. The van der Waals surface area contributed by atoms with Crippen molar-refractivity contribution in [3.8, 4) is 5.75 Å². The lowest BCUT2D eigenvalue weighted by Gasteiger charge is -2.41. The molecule has 1 N–H and O–H groups in total. The second-order valence-corrected chi connectivity index (χ2v) is 15.1. The number of nitro groups is 1. The number of benzene rings is 1. The molecule has 0 saturated heterocycles. The first kappa shape index (κ1) is 35.9. The molecule has 0 unspecified atom stereocenters. The van der Waals surface area contributed by atoms with E-state index in [9.17, 15) is 14.9 Å². The van der Waals surface area contributed by atoms with Crippen LogP contribution in [0.15, 0.2) is 24.3 Å². The number of ether oxygens (including phenoxy) is 2. The van der Waals surface area contributed by atoms with Gasteiger partial charge in [-0.05, 0) is 62.1 Å². The zero-order valence-corrected chi connectivity index (χ0v) is 27.4. The van der Waals surface area contributed by atoms with Crippen LogP contribution in [-0.4, -0.2) is 41.2 Å². The highest BCUT2D eigenvalue weighted by Gasteiger charge is 2.66. The standard InChI is InChI=1S/C29H51N2O8P/c1-18(2)24(19(3)4)38-40(35,39-25(20(5)6)21(7)8)29(12,31(33)34)26(30-27(32)37-28(9,10)11)22-14-16-23(36-13)17-15-22/h14-21,24-26H,1-13H3,(H,30,32)/t26-,29+/m1/s1. The lowest BCUT2D eigenvalue weighted by atomic mass is 9.97. The maximum absolute atomic E-state index is 15.2. The van der Waals surface area contributed by atoms with E-state index in [2.05, 4.69) is 5.32 Å². The molecule has 1 rings (SSSR count). The number of methoxy groups -OCH3 is 1. The molecular formula is C29H51N2O8P. The van der Waals surface area contributed by atoms with Crippen molar-refractivity contribution in [2.45, 2.75) is 112 Å². The number of amides is 1. The van der Waals surface area contributed by atoms with Crippen LogP contribution in [0.4, 0.5) is 4.79 Å². The number of hydrogen-bond donors (Lipinski definition) is 1. The third kappa shape index (κ3) is 8.92. The molecule has 11 heteroatoms. The van der Waals surface area contributed by atoms with Gasteiger partial charge in [0.15, 0.2) is 0 Å². The van der Waals surface area contributed by atoms with E-state index in [-0.39, 0.29) is 23.7 Å². The Hall–Kier alpha value is -2.16. The van der Waals surface area contributed by atoms with Crippen LogP contribution in [0.1, 0.15) is 94.7 Å². The maximum atomic E-state index is 15.2. The summed E-state index contributed by atoms with van der Waals surface area (Å²) < 4.78 is 38.6. The van der Waals surface area contributed by atoms with Crippen LogP contribution in [0.2, 0.25) is 0 Å². The third-order valence-corrected chi connectivity index (χ3v) is 9.30. The van der Waals surface area contributed by atoms with Crippen LogP contribution in [0.25, 0.3) is 0 Å². The largest absolute Gasteiger partial charge is 0.497 e. The highest BCUT2D eigenvalue weighted by Crippen LogP contribution is 2.67. The van der Waals surface area contributed by atoms with Crippen molar-refractivity contribution in [1.29, 1.82) is 0 Å². The summed E-state index contributed by atoms with van der Waals surface area (Å²) in [6.45, 7) is 21.5. The summed E-state index contributed by atoms with van der Waals surface area (Å²) in [5, 5.41) is 13.4. The molecule has 0 aromatic heterocycles. The molecule has 0 radical (unpaired) electrons. The molecule has 0 spiro atoms. The van der Waals surface area contributed by atoms with Gasteiger partial charge in [0.05, 0.1) is 19.3 Å². The SMILES string of the molecule is COc1ccc([C@@H](NC(=O)OC(C)(C)C)[C@@](C)([N+](=O)[O-])P(=O)(OC(C(C)C)C(C)C)OC(C(C)C)C(C)C)cc1. The molecule has 0 aliphatic heterocycles. The molecule has 230 valence electrons. The minimum atomic E-state index is -4.67. The van der Waals surface area contributed by atoms with Crippen molar-refractivity contribution in [2.24, 2.45) is 23.7 Å². The molecule has 0 saturated carbocycles. The first-order valence-corrected chi connectivity index (χ1v) is 15.5. The molecule has 0 aliphatic rings. The van der Waals surface area contributed by atoms with Gasteiger partial charge >= 0.3 is 19.0 Å². The molecule has 0 fully saturated rings. The summed E-state index contributed by atoms with van der Waals surface area (Å²) in [7, 11) is -3.18. The van der Waals surface area contributed by atoms with E-state index in [1.54, 1.807) is 45.0 Å². The summed E-state index contributed by atoms with van der Waals surface area (Å²) >= 11 is 0. The summed E-state index contributed by atoms with van der Waals surface area (Å²) in [6, 6.07) is 4.94. The van der Waals surface area contributed by atoms with E-state index >= 15 is 4.57 Å². The van der Waals surface area contributed by atoms with Crippen LogP contribution in [0, 0.1) is 33.8 Å². The molecular weight excluding hydrogens is 535 g/mol. The van der Waals surface area contributed by atoms with Crippen molar-refractivity contribution in [2.75, 3.05) is 7.11 Å². The number of carbonyl (C=O) groups is 1. The van der Waals surface area contributed by atoms with E-state index in [1.165, 1.54) is 14.0 Å². The molecule has 1 aromatic rings. The maximum Gasteiger partial charge on any atom is 0.409 e. The molecule has 1 aromatic carbocycles. The van der Waals surface area contributed by atoms with E-state index in [1.807, 2.05) is 55.4 Å². The Morgan fingerprint density at radius 1 is 0.850 bits per heavy atom. The number of hydrogen-bond acceptors (Lipinski definition) is 8. The molecule has 10 nitrogen and oxygen atoms in total. The van der Waals surface area contributed by atoms with Gasteiger partial charge in [-0.1, -0.05) is 67.5 Å². The fourth-order valence-corrected chi connectivity index (χ4v) is 7.53. The monoisotopic (exact) mass is 586 g/mol. The Bertz CT molecular complexity index is 978. The lowest BCUT2D eigenvalue weighted by Crippen LogP contribution is -2.52. The van der Waals surface area contributed by atoms with Crippen molar-refractivity contribution in [3.05, 3.63) is 39.9 Å². The molecule has 40 heavy (non-hydrogen) atoms. The van der Waals surface area contributed by atoms with Gasteiger partial charge in [0.1, 0.15) is 17.4 Å². The van der Waals surface area contributed by atoms with Crippen LogP contribution in [0.5, 0.6) is 5.75 Å². The van der Waals surface area contributed by atoms with E-state index < -0.39 is 47.7 Å². The smallest absolute Gasteiger partial charge is 0.409 e. The summed E-state index contributed by atoms with van der Waals surface area (Å²) in [6.07, 6.45) is -2.15. The first-order valence-electron chi connectivity index (χ1n) is 13.9. The minimum Gasteiger partial charge on any atom is -0.497 e. The summed E-state index contributed by atoms with van der Waals surface area (Å²) in [4.78, 5) is 25.6. The first-order chi connectivity index (χ1) is 18.2. The third-order valence-electron chi connectivity index (χ3n) is 6.73. The topological polar surface area (TPSA) is 126 Å². The second kappa shape index (κ2) is 14.1. The Morgan fingerprint density at radius 3 is 1.55 bits per heavy atom. The number of rotatable bonds is 14. The Kier molecular flexibility index (Phi) is 12.7. The quantitative estimate of drug-likeness (QED) is 0.133. The predicted molar refractivity (Wildman–Crippen MR) is 157 cm³/mol. The van der Waals surface area contributed by atoms with E-state index in [0.29, 0.717) is 11.3 Å². The van der Waals surface area contributed by atoms with Crippen LogP contribution in [-0.2, 0) is 18.3 Å². The van der Waals surface area contributed by atoms with Gasteiger partial charge in [0, 0.05) is 11.8 Å². The fourth-order valence-electron chi connectivity index (χ4n) is 4.71. The molecule has 0 bridgehead atoms. The summed E-state index contributed by atoms with van der Waals surface area (Å²) in [5.74, 6) is 0.0218. The zero-order chi connectivity index (χ0) is 31.2. The Labute approximate surface area is 240 Å². The fraction of sp³-hybridized carbons (Fsp3) is 0.759. The van der Waals surface area contributed by atoms with Crippen LogP contribution < -0.4 is 10.1 Å². The van der Waals surface area contributed by atoms with Gasteiger partial charge < -0.3 is 14.8 Å². The van der Waals surface area contributed by atoms with Crippen molar-refractivity contribution >= 4 is 13.7 Å². The minimum absolute atomic E-state index is 0.122. The summed E-state index contributed by atoms with van der Waals surface area (Å²) in [5.41, 5.74) is -0.564. The van der Waals surface area contributed by atoms with Crippen LogP contribution >= 0.6 is 7.60 Å². The van der Waals surface area contributed by atoms with Gasteiger partial charge in [-0.3, -0.25) is 23.7 Å². The highest BCUT2D eigenvalue weighted by molar-refractivity contribution is 7.55. The predicted octanol–water partition coefficient (Wildman–Crippen LogP) is 7.84. The number of nitrogens with zero attached hydrogens (tertiary/aromatic N) is 1. The Balaban J connectivity index is 4.01. The second-order valence-electron chi connectivity index (χ2n) is 12.8. The number of alkyl carbamates (subject to hydrolysis) is 1. The van der Waals surface area contributed by atoms with Gasteiger partial charge in [-0.15, -0.1) is 0 Å². The normalized spacial score (nSPS) is 15.2. The number of carbonyl (C=O) groups excluding carboxylic acids is 1. The molecule has 1 amide bonds. The van der Waals surface area contributed by atoms with Gasteiger partial charge in [0.2, 0.25) is 0 Å². The van der Waals surface area contributed by atoms with Crippen LogP contribution in [0.3, 0.4) is 0 Å². The highest BCUT2D eigenvalue weighted by atomic mass is 31.2. The van der Waals surface area contributed by atoms with Crippen molar-refractivity contribution in [3.63, 3.8) is 0 Å². The lowest BCUT2D eigenvalue weighted by molar-refractivity contribution is -0.546. The van der Waals surface area contributed by atoms with Gasteiger partial charge in [-0.2, -0.15) is 0 Å². The van der Waals surface area contributed by atoms with E-state index in [0.717, 1.165) is 0 Å². The molecule has 0 aliphatic carbocycles. The molecule has 0 heterocycles.